The van der Waals surface area contributed by atoms with E-state index >= 15 is 0 Å². The van der Waals surface area contributed by atoms with E-state index in [4.69, 9.17) is 4.74 Å². The van der Waals surface area contributed by atoms with Gasteiger partial charge in [0.25, 0.3) is 0 Å². The Morgan fingerprint density at radius 2 is 1.87 bits per heavy atom. The van der Waals surface area contributed by atoms with Crippen molar-refractivity contribution in [1.29, 1.82) is 0 Å². The van der Waals surface area contributed by atoms with Crippen molar-refractivity contribution in [2.45, 2.75) is 13.5 Å². The van der Waals surface area contributed by atoms with Crippen LogP contribution >= 0.6 is 11.3 Å². The first-order valence-electron chi connectivity index (χ1n) is 7.28. The molecule has 0 aliphatic rings. The number of ether oxygens (including phenoxy) is 1. The van der Waals surface area contributed by atoms with Crippen LogP contribution in [0.2, 0.25) is 0 Å². The summed E-state index contributed by atoms with van der Waals surface area (Å²) in [5.41, 5.74) is 3.08. The van der Waals surface area contributed by atoms with Crippen LogP contribution < -0.4 is 9.61 Å². The fourth-order valence-corrected chi connectivity index (χ4v) is 3.18. The van der Waals surface area contributed by atoms with Gasteiger partial charge in [0.05, 0.1) is 12.2 Å². The van der Waals surface area contributed by atoms with E-state index in [2.05, 4.69) is 0 Å². The quantitative estimate of drug-likeness (QED) is 0.705. The SMILES string of the molecule is Cc1ccccc1-c1csc(=O)n1CCOc1ccc(F)cc1. The van der Waals surface area contributed by atoms with Crippen molar-refractivity contribution in [2.75, 3.05) is 6.61 Å². The average Bonchev–Trinajstić information content (AvgIpc) is 2.91. The Bertz CT molecular complexity index is 852. The second kappa shape index (κ2) is 6.79. The van der Waals surface area contributed by atoms with Crippen LogP contribution in [-0.4, -0.2) is 11.2 Å². The maximum Gasteiger partial charge on any atom is 0.307 e. The molecule has 0 saturated carbocycles. The summed E-state index contributed by atoms with van der Waals surface area (Å²) in [6, 6.07) is 13.8. The third-order valence-electron chi connectivity index (χ3n) is 3.60. The molecule has 2 aromatic carbocycles. The van der Waals surface area contributed by atoms with E-state index in [-0.39, 0.29) is 10.7 Å². The second-order valence-electron chi connectivity index (χ2n) is 5.16. The molecule has 23 heavy (non-hydrogen) atoms. The molecular formula is C18H16FNO2S. The number of halogens is 1. The van der Waals surface area contributed by atoms with Gasteiger partial charge in [-0.3, -0.25) is 9.36 Å². The first kappa shape index (κ1) is 15.5. The first-order valence-corrected chi connectivity index (χ1v) is 8.16. The summed E-state index contributed by atoms with van der Waals surface area (Å²) in [4.78, 5) is 12.1. The van der Waals surface area contributed by atoms with Crippen molar-refractivity contribution in [1.82, 2.24) is 4.57 Å². The minimum atomic E-state index is -0.298. The maximum absolute atomic E-state index is 12.9. The zero-order valence-electron chi connectivity index (χ0n) is 12.7. The van der Waals surface area contributed by atoms with Crippen molar-refractivity contribution >= 4 is 11.3 Å². The third kappa shape index (κ3) is 3.51. The van der Waals surface area contributed by atoms with Gasteiger partial charge in [-0.1, -0.05) is 35.6 Å². The molecule has 0 bridgehead atoms. The topological polar surface area (TPSA) is 31.2 Å². The van der Waals surface area contributed by atoms with Crippen LogP contribution in [0, 0.1) is 12.7 Å². The minimum absolute atomic E-state index is 0.00837. The average molecular weight is 329 g/mol. The van der Waals surface area contributed by atoms with Gasteiger partial charge in [0.2, 0.25) is 0 Å². The van der Waals surface area contributed by atoms with E-state index in [1.165, 1.54) is 23.5 Å². The van der Waals surface area contributed by atoms with Gasteiger partial charge in [0.15, 0.2) is 0 Å². The van der Waals surface area contributed by atoms with Gasteiger partial charge in [0, 0.05) is 10.9 Å². The lowest BCUT2D eigenvalue weighted by atomic mass is 10.1. The van der Waals surface area contributed by atoms with Crippen LogP contribution in [0.4, 0.5) is 4.39 Å². The normalized spacial score (nSPS) is 10.7. The number of aromatic nitrogens is 1. The summed E-state index contributed by atoms with van der Waals surface area (Å²) in [6.07, 6.45) is 0. The molecule has 1 heterocycles. The molecule has 0 saturated heterocycles. The highest BCUT2D eigenvalue weighted by atomic mass is 32.1. The molecular weight excluding hydrogens is 313 g/mol. The molecule has 0 N–H and O–H groups in total. The molecule has 0 unspecified atom stereocenters. The van der Waals surface area contributed by atoms with Gasteiger partial charge >= 0.3 is 4.87 Å². The van der Waals surface area contributed by atoms with Gasteiger partial charge in [-0.05, 0) is 36.8 Å². The van der Waals surface area contributed by atoms with Crippen LogP contribution in [0.1, 0.15) is 5.56 Å². The molecule has 5 heteroatoms. The van der Waals surface area contributed by atoms with Crippen LogP contribution in [0.3, 0.4) is 0 Å². The molecule has 0 amide bonds. The summed E-state index contributed by atoms with van der Waals surface area (Å²) >= 11 is 1.19. The molecule has 1 aromatic heterocycles. The Labute approximate surface area is 137 Å². The van der Waals surface area contributed by atoms with Crippen LogP contribution in [0.15, 0.2) is 58.7 Å². The zero-order chi connectivity index (χ0) is 16.2. The van der Waals surface area contributed by atoms with Gasteiger partial charge in [-0.15, -0.1) is 0 Å². The van der Waals surface area contributed by atoms with E-state index in [9.17, 15) is 9.18 Å². The van der Waals surface area contributed by atoms with Crippen molar-refractivity contribution in [3.05, 3.63) is 75.0 Å². The number of aryl methyl sites for hydroxylation is 1. The molecule has 0 fully saturated rings. The lowest BCUT2D eigenvalue weighted by molar-refractivity contribution is 0.297. The fraction of sp³-hybridized carbons (Fsp3) is 0.167. The van der Waals surface area contributed by atoms with Crippen molar-refractivity contribution in [3.63, 3.8) is 0 Å². The van der Waals surface area contributed by atoms with Crippen molar-refractivity contribution in [2.24, 2.45) is 0 Å². The van der Waals surface area contributed by atoms with Crippen LogP contribution in [0.5, 0.6) is 5.75 Å². The maximum atomic E-state index is 12.9. The molecule has 118 valence electrons. The summed E-state index contributed by atoms with van der Waals surface area (Å²) < 4.78 is 20.2. The lowest BCUT2D eigenvalue weighted by Gasteiger charge is -2.11. The van der Waals surface area contributed by atoms with Gasteiger partial charge in [-0.2, -0.15) is 0 Å². The van der Waals surface area contributed by atoms with E-state index in [1.807, 2.05) is 36.6 Å². The molecule has 3 aromatic rings. The highest BCUT2D eigenvalue weighted by Gasteiger charge is 2.10. The number of nitrogens with zero attached hydrogens (tertiary/aromatic N) is 1. The summed E-state index contributed by atoms with van der Waals surface area (Å²) in [5, 5.41) is 1.88. The smallest absolute Gasteiger partial charge is 0.307 e. The molecule has 0 spiro atoms. The lowest BCUT2D eigenvalue weighted by Crippen LogP contribution is -2.19. The van der Waals surface area contributed by atoms with Crippen LogP contribution in [0.25, 0.3) is 11.3 Å². The van der Waals surface area contributed by atoms with Crippen molar-refractivity contribution < 1.29 is 9.13 Å². The summed E-state index contributed by atoms with van der Waals surface area (Å²) in [7, 11) is 0. The van der Waals surface area contributed by atoms with Crippen molar-refractivity contribution in [3.8, 4) is 17.0 Å². The van der Waals surface area contributed by atoms with Gasteiger partial charge in [-0.25, -0.2) is 4.39 Å². The Kier molecular flexibility index (Phi) is 4.57. The number of hydrogen-bond acceptors (Lipinski definition) is 3. The van der Waals surface area contributed by atoms with E-state index in [1.54, 1.807) is 16.7 Å². The van der Waals surface area contributed by atoms with E-state index in [0.717, 1.165) is 16.8 Å². The molecule has 0 aliphatic heterocycles. The van der Waals surface area contributed by atoms with E-state index < -0.39 is 0 Å². The van der Waals surface area contributed by atoms with Crippen LogP contribution in [-0.2, 0) is 6.54 Å². The monoisotopic (exact) mass is 329 g/mol. The molecule has 3 nitrogen and oxygen atoms in total. The number of rotatable bonds is 5. The Balaban J connectivity index is 1.76. The third-order valence-corrected chi connectivity index (χ3v) is 4.36. The summed E-state index contributed by atoms with van der Waals surface area (Å²) in [6.45, 7) is 2.82. The fourth-order valence-electron chi connectivity index (χ4n) is 2.40. The first-order chi connectivity index (χ1) is 11.1. The number of benzene rings is 2. The second-order valence-corrected chi connectivity index (χ2v) is 5.98. The van der Waals surface area contributed by atoms with E-state index in [0.29, 0.717) is 18.9 Å². The standard InChI is InChI=1S/C18H16FNO2S/c1-13-4-2-3-5-16(13)17-12-23-18(21)20(17)10-11-22-15-8-6-14(19)7-9-15/h2-9,12H,10-11H2,1H3. The predicted molar refractivity (Wildman–Crippen MR) is 90.6 cm³/mol. The minimum Gasteiger partial charge on any atom is -0.492 e. The van der Waals surface area contributed by atoms with Gasteiger partial charge < -0.3 is 4.74 Å². The number of thiazole rings is 1. The highest BCUT2D eigenvalue weighted by Crippen LogP contribution is 2.23. The van der Waals surface area contributed by atoms with Gasteiger partial charge in [0.1, 0.15) is 18.2 Å². The molecule has 3 rings (SSSR count). The Morgan fingerprint density at radius 1 is 1.13 bits per heavy atom. The molecule has 0 aliphatic carbocycles. The largest absolute Gasteiger partial charge is 0.492 e. The Hall–Kier alpha value is -2.40. The summed E-state index contributed by atoms with van der Waals surface area (Å²) in [5.74, 6) is 0.292. The number of hydrogen-bond donors (Lipinski definition) is 0. The highest BCUT2D eigenvalue weighted by molar-refractivity contribution is 7.07. The Morgan fingerprint density at radius 3 is 2.61 bits per heavy atom. The molecule has 0 radical (unpaired) electrons. The molecule has 0 atom stereocenters. The zero-order valence-corrected chi connectivity index (χ0v) is 13.5. The predicted octanol–water partition coefficient (Wildman–Crippen LogP) is 4.10.